The molecule has 0 atom stereocenters. The number of para-hydroxylation sites is 2. The molecule has 2 heterocycles. The van der Waals surface area contributed by atoms with E-state index in [0.29, 0.717) is 28.2 Å². The van der Waals surface area contributed by atoms with Gasteiger partial charge in [-0.1, -0.05) is 30.3 Å². The van der Waals surface area contributed by atoms with Crippen molar-refractivity contribution in [1.82, 2.24) is 19.7 Å². The highest BCUT2D eigenvalue weighted by molar-refractivity contribution is 6.12. The molecule has 0 bridgehead atoms. The molecule has 4 aromatic carbocycles. The molecule has 0 spiro atoms. The lowest BCUT2D eigenvalue weighted by atomic mass is 10.0. The highest BCUT2D eigenvalue weighted by atomic mass is 16.5. The summed E-state index contributed by atoms with van der Waals surface area (Å²) >= 11 is 0. The minimum Gasteiger partial charge on any atom is -0.493 e. The summed E-state index contributed by atoms with van der Waals surface area (Å²) in [6.07, 6.45) is 7.38. The Hall–Kier alpha value is -5.77. The number of nitrogens with zero attached hydrogens (tertiary/aromatic N) is 4. The average Bonchev–Trinajstić information content (AvgIpc) is 3.46. The topological polar surface area (TPSA) is 120 Å². The highest BCUT2D eigenvalue weighted by Gasteiger charge is 2.20. The third kappa shape index (κ3) is 6.66. The quantitative estimate of drug-likeness (QED) is 0.158. The molecule has 0 saturated heterocycles. The van der Waals surface area contributed by atoms with Gasteiger partial charge in [-0.15, -0.1) is 0 Å². The third-order valence-corrected chi connectivity index (χ3v) is 7.90. The van der Waals surface area contributed by atoms with Crippen molar-refractivity contribution in [3.8, 4) is 11.5 Å². The maximum atomic E-state index is 13.5. The zero-order valence-electron chi connectivity index (χ0n) is 25.9. The van der Waals surface area contributed by atoms with E-state index in [-0.39, 0.29) is 16.9 Å². The van der Waals surface area contributed by atoms with Gasteiger partial charge in [0.15, 0.2) is 11.5 Å². The lowest BCUT2D eigenvalue weighted by Gasteiger charge is -2.16. The van der Waals surface area contributed by atoms with Gasteiger partial charge in [0.2, 0.25) is 0 Å². The number of unbranched alkanes of at least 4 members (excludes halogenated alkanes) is 1. The summed E-state index contributed by atoms with van der Waals surface area (Å²) in [5, 5.41) is 11.2. The van der Waals surface area contributed by atoms with E-state index in [4.69, 9.17) is 9.47 Å². The predicted octanol–water partition coefficient (Wildman–Crippen LogP) is 6.60. The molecule has 6 aromatic rings. The number of nitrogens with one attached hydrogen (secondary N) is 2. The molecule has 0 unspecified atom stereocenters. The van der Waals surface area contributed by atoms with Crippen LogP contribution in [0.15, 0.2) is 91.3 Å². The first-order valence-corrected chi connectivity index (χ1v) is 15.0. The third-order valence-electron chi connectivity index (χ3n) is 7.90. The number of fused-ring (bicyclic) bond motifs is 2. The van der Waals surface area contributed by atoms with Crippen LogP contribution in [-0.2, 0) is 19.9 Å². The molecule has 0 fully saturated rings. The molecule has 0 aliphatic carbocycles. The second-order valence-electron chi connectivity index (χ2n) is 11.0. The van der Waals surface area contributed by atoms with Crippen LogP contribution in [0.5, 0.6) is 11.5 Å². The first-order chi connectivity index (χ1) is 22.4. The summed E-state index contributed by atoms with van der Waals surface area (Å²) in [4.78, 5) is 35.5. The maximum absolute atomic E-state index is 13.5. The van der Waals surface area contributed by atoms with Crippen molar-refractivity contribution in [2.24, 2.45) is 7.05 Å². The second-order valence-corrected chi connectivity index (χ2v) is 11.0. The van der Waals surface area contributed by atoms with Crippen LogP contribution in [0.4, 0.5) is 11.4 Å². The number of hydrogen-bond acceptors (Lipinski definition) is 7. The molecule has 10 nitrogen and oxygen atoms in total. The number of carbonyl (C=O) groups excluding carboxylic acids is 2. The normalized spacial score (nSPS) is 11.0. The Bertz CT molecular complexity index is 2040. The van der Waals surface area contributed by atoms with Gasteiger partial charge >= 0.3 is 0 Å². The molecule has 46 heavy (non-hydrogen) atoms. The number of amides is 2. The molecule has 0 radical (unpaired) electrons. The molecule has 0 aliphatic heterocycles. The van der Waals surface area contributed by atoms with E-state index in [1.807, 2.05) is 60.4 Å². The van der Waals surface area contributed by atoms with Crippen LogP contribution in [0.3, 0.4) is 0 Å². The molecule has 10 heteroatoms. The standard InChI is InChI=1S/C36H34N6O4/c1-42-32-17-14-24(18-25(32)21-38-42)9-5-4-8-23-12-15-26(16-13-23)39-35(43)27-19-33(45-2)34(46-3)20-30(27)41-36(44)31-22-37-28-10-6-7-11-29(28)40-31/h6-7,10-22H,4-5,8-9H2,1-3H3,(H,39,43)(H,41,44). The zero-order chi connectivity index (χ0) is 32.0. The average molecular weight is 615 g/mol. The molecular weight excluding hydrogens is 580 g/mol. The summed E-state index contributed by atoms with van der Waals surface area (Å²) in [5.74, 6) is -0.214. The zero-order valence-corrected chi connectivity index (χ0v) is 25.9. The molecule has 0 aliphatic rings. The Morgan fingerprint density at radius 1 is 0.761 bits per heavy atom. The van der Waals surface area contributed by atoms with Gasteiger partial charge in [0.25, 0.3) is 11.8 Å². The number of aryl methyl sites for hydroxylation is 3. The monoisotopic (exact) mass is 614 g/mol. The molecule has 232 valence electrons. The highest BCUT2D eigenvalue weighted by Crippen LogP contribution is 2.34. The first-order valence-electron chi connectivity index (χ1n) is 15.0. The van der Waals surface area contributed by atoms with Gasteiger partial charge in [-0.3, -0.25) is 19.3 Å². The van der Waals surface area contributed by atoms with E-state index < -0.39 is 11.8 Å². The Morgan fingerprint density at radius 3 is 2.22 bits per heavy atom. The molecule has 2 N–H and O–H groups in total. The van der Waals surface area contributed by atoms with Gasteiger partial charge in [0.1, 0.15) is 5.69 Å². The van der Waals surface area contributed by atoms with Crippen LogP contribution in [0.1, 0.15) is 44.8 Å². The van der Waals surface area contributed by atoms with Crippen molar-refractivity contribution in [3.63, 3.8) is 0 Å². The van der Waals surface area contributed by atoms with Crippen molar-refractivity contribution in [3.05, 3.63) is 114 Å². The maximum Gasteiger partial charge on any atom is 0.275 e. The summed E-state index contributed by atoms with van der Waals surface area (Å²) in [6, 6.07) is 24.7. The van der Waals surface area contributed by atoms with Crippen LogP contribution in [0.25, 0.3) is 21.9 Å². The fraction of sp³-hybridized carbons (Fsp3) is 0.194. The summed E-state index contributed by atoms with van der Waals surface area (Å²) < 4.78 is 12.8. The smallest absolute Gasteiger partial charge is 0.275 e. The number of methoxy groups -OCH3 is 2. The number of ether oxygens (including phenoxy) is 2. The van der Waals surface area contributed by atoms with Crippen molar-refractivity contribution >= 4 is 45.1 Å². The summed E-state index contributed by atoms with van der Waals surface area (Å²) in [5.41, 5.74) is 6.10. The predicted molar refractivity (Wildman–Crippen MR) is 179 cm³/mol. The van der Waals surface area contributed by atoms with Gasteiger partial charge in [0, 0.05) is 24.2 Å². The number of hydrogen-bond donors (Lipinski definition) is 2. The van der Waals surface area contributed by atoms with Gasteiger partial charge in [0.05, 0.1) is 54.4 Å². The van der Waals surface area contributed by atoms with Gasteiger partial charge in [-0.2, -0.15) is 5.10 Å². The van der Waals surface area contributed by atoms with Gasteiger partial charge in [-0.25, -0.2) is 4.98 Å². The summed E-state index contributed by atoms with van der Waals surface area (Å²) in [7, 11) is 4.93. The Balaban J connectivity index is 1.10. The van der Waals surface area contributed by atoms with E-state index in [1.54, 1.807) is 12.1 Å². The Labute approximate surface area is 266 Å². The van der Waals surface area contributed by atoms with Crippen LogP contribution in [0.2, 0.25) is 0 Å². The number of carbonyl (C=O) groups is 2. The van der Waals surface area contributed by atoms with E-state index in [1.165, 1.54) is 43.0 Å². The van der Waals surface area contributed by atoms with Crippen LogP contribution < -0.4 is 20.1 Å². The Kier molecular flexibility index (Phi) is 8.87. The SMILES string of the molecule is COc1cc(NC(=O)c2cnc3ccccc3n2)c(C(=O)Nc2ccc(CCCCc3ccc4c(cnn4C)c3)cc2)cc1OC. The number of aromatic nitrogens is 4. The second kappa shape index (κ2) is 13.5. The number of rotatable bonds is 11. The number of benzene rings is 4. The fourth-order valence-corrected chi connectivity index (χ4v) is 5.40. The van der Waals surface area contributed by atoms with Crippen molar-refractivity contribution in [2.45, 2.75) is 25.7 Å². The van der Waals surface area contributed by atoms with E-state index in [9.17, 15) is 9.59 Å². The van der Waals surface area contributed by atoms with Gasteiger partial charge in [-0.05, 0) is 79.3 Å². The molecule has 6 rings (SSSR count). The molecule has 2 aromatic heterocycles. The van der Waals surface area contributed by atoms with Crippen molar-refractivity contribution < 1.29 is 19.1 Å². The van der Waals surface area contributed by atoms with E-state index in [0.717, 1.165) is 31.2 Å². The van der Waals surface area contributed by atoms with Crippen LogP contribution in [-0.4, -0.2) is 45.8 Å². The van der Waals surface area contributed by atoms with E-state index in [2.05, 4.69) is 43.9 Å². The van der Waals surface area contributed by atoms with Crippen LogP contribution in [0, 0.1) is 0 Å². The fourth-order valence-electron chi connectivity index (χ4n) is 5.40. The minimum atomic E-state index is -0.513. The molecule has 2 amide bonds. The van der Waals surface area contributed by atoms with E-state index >= 15 is 0 Å². The number of anilines is 2. The minimum absolute atomic E-state index is 0.116. The van der Waals surface area contributed by atoms with Crippen molar-refractivity contribution in [1.29, 1.82) is 0 Å². The van der Waals surface area contributed by atoms with Crippen molar-refractivity contribution in [2.75, 3.05) is 24.9 Å². The Morgan fingerprint density at radius 2 is 1.46 bits per heavy atom. The lowest BCUT2D eigenvalue weighted by Crippen LogP contribution is -2.19. The van der Waals surface area contributed by atoms with Crippen LogP contribution >= 0.6 is 0 Å². The molecule has 0 saturated carbocycles. The summed E-state index contributed by atoms with van der Waals surface area (Å²) in [6.45, 7) is 0. The molecular formula is C36H34N6O4. The first kappa shape index (κ1) is 30.3. The lowest BCUT2D eigenvalue weighted by molar-refractivity contribution is 0.102. The van der Waals surface area contributed by atoms with Gasteiger partial charge < -0.3 is 20.1 Å². The largest absolute Gasteiger partial charge is 0.493 e.